The van der Waals surface area contributed by atoms with Gasteiger partial charge >= 0.3 is 0 Å². The van der Waals surface area contributed by atoms with Gasteiger partial charge in [-0.2, -0.15) is 11.3 Å². The van der Waals surface area contributed by atoms with Gasteiger partial charge in [-0.1, -0.05) is 12.1 Å². The van der Waals surface area contributed by atoms with Crippen LogP contribution in [-0.2, 0) is 0 Å². The van der Waals surface area contributed by atoms with Crippen molar-refractivity contribution in [1.82, 2.24) is 14.9 Å². The number of hydrogen-bond acceptors (Lipinski definition) is 6. The van der Waals surface area contributed by atoms with Gasteiger partial charge in [0.15, 0.2) is 0 Å². The van der Waals surface area contributed by atoms with Crippen LogP contribution in [0.3, 0.4) is 0 Å². The topological polar surface area (TPSA) is 67.4 Å². The Bertz CT molecular complexity index is 1010. The molecule has 162 valence electrons. The Hall–Kier alpha value is -2.93. The fraction of sp³-hybridized carbons (Fsp3) is 0.375. The minimum absolute atomic E-state index is 0.0313. The van der Waals surface area contributed by atoms with Crippen molar-refractivity contribution >= 4 is 23.1 Å². The van der Waals surface area contributed by atoms with Gasteiger partial charge in [0.2, 0.25) is 0 Å². The first kappa shape index (κ1) is 21.3. The third-order valence-electron chi connectivity index (χ3n) is 5.48. The van der Waals surface area contributed by atoms with Crippen molar-refractivity contribution in [1.29, 1.82) is 0 Å². The maximum Gasteiger partial charge on any atom is 0.257 e. The number of nitrogens with zero attached hydrogens (tertiary/aromatic N) is 3. The lowest BCUT2D eigenvalue weighted by Gasteiger charge is -2.32. The zero-order valence-electron chi connectivity index (χ0n) is 18.0. The van der Waals surface area contributed by atoms with Gasteiger partial charge in [-0.25, -0.2) is 9.97 Å². The molecule has 1 amide bonds. The van der Waals surface area contributed by atoms with Crippen LogP contribution in [0.2, 0.25) is 0 Å². The number of hydrogen-bond donors (Lipinski definition) is 1. The Balaban J connectivity index is 1.49. The second-order valence-corrected chi connectivity index (χ2v) is 8.31. The molecule has 31 heavy (non-hydrogen) atoms. The van der Waals surface area contributed by atoms with Crippen LogP contribution in [0.5, 0.6) is 5.75 Å². The number of thiophene rings is 1. The van der Waals surface area contributed by atoms with E-state index in [1.807, 2.05) is 42.2 Å². The first-order chi connectivity index (χ1) is 15.2. The summed E-state index contributed by atoms with van der Waals surface area (Å²) in [7, 11) is 0. The zero-order valence-corrected chi connectivity index (χ0v) is 18.8. The number of likely N-dealkylation sites (tertiary alicyclic amines) is 1. The molecular formula is C24H28N4O2S. The number of ether oxygens (including phenoxy) is 1. The van der Waals surface area contributed by atoms with Crippen LogP contribution in [-0.4, -0.2) is 47.0 Å². The molecular weight excluding hydrogens is 408 g/mol. The number of anilines is 1. The summed E-state index contributed by atoms with van der Waals surface area (Å²) in [5, 5.41) is 7.50. The van der Waals surface area contributed by atoms with Crippen LogP contribution in [0, 0.1) is 0 Å². The number of aromatic nitrogens is 2. The van der Waals surface area contributed by atoms with E-state index >= 15 is 0 Å². The highest BCUT2D eigenvalue weighted by atomic mass is 32.1. The third kappa shape index (κ3) is 4.88. The number of rotatable bonds is 7. The molecule has 4 rings (SSSR count). The first-order valence-corrected chi connectivity index (χ1v) is 11.8. The van der Waals surface area contributed by atoms with E-state index in [0.29, 0.717) is 31.0 Å². The van der Waals surface area contributed by atoms with Crippen molar-refractivity contribution in [2.75, 3.05) is 31.6 Å². The zero-order chi connectivity index (χ0) is 21.6. The molecule has 1 aromatic carbocycles. The monoisotopic (exact) mass is 436 g/mol. The summed E-state index contributed by atoms with van der Waals surface area (Å²) >= 11 is 1.67. The summed E-state index contributed by atoms with van der Waals surface area (Å²) in [5.74, 6) is 2.64. The largest absolute Gasteiger partial charge is 0.493 e. The summed E-state index contributed by atoms with van der Waals surface area (Å²) in [5.41, 5.74) is 2.70. The summed E-state index contributed by atoms with van der Waals surface area (Å²) in [6.07, 6.45) is 1.70. The van der Waals surface area contributed by atoms with Crippen molar-refractivity contribution in [2.45, 2.75) is 32.6 Å². The first-order valence-electron chi connectivity index (χ1n) is 10.9. The molecule has 0 atom stereocenters. The third-order valence-corrected chi connectivity index (χ3v) is 6.17. The number of carbonyl (C=O) groups is 1. The van der Waals surface area contributed by atoms with E-state index in [9.17, 15) is 4.79 Å². The van der Waals surface area contributed by atoms with Crippen molar-refractivity contribution in [3.05, 3.63) is 58.5 Å². The summed E-state index contributed by atoms with van der Waals surface area (Å²) < 4.78 is 5.65. The molecule has 6 nitrogen and oxygen atoms in total. The summed E-state index contributed by atoms with van der Waals surface area (Å²) in [4.78, 5) is 24.7. The van der Waals surface area contributed by atoms with Crippen LogP contribution in [0.4, 0.5) is 5.82 Å². The highest BCUT2D eigenvalue weighted by Crippen LogP contribution is 2.31. The number of para-hydroxylation sites is 1. The Labute approximate surface area is 187 Å². The lowest BCUT2D eigenvalue weighted by molar-refractivity contribution is 0.0707. The SMILES string of the molecule is CCNc1cc(-c2ccsc2)nc(C2CCN(C(=O)c3ccccc3OCC)CC2)n1. The minimum atomic E-state index is 0.0313. The van der Waals surface area contributed by atoms with Crippen molar-refractivity contribution in [2.24, 2.45) is 0 Å². The lowest BCUT2D eigenvalue weighted by atomic mass is 9.95. The lowest BCUT2D eigenvalue weighted by Crippen LogP contribution is -2.38. The molecule has 1 aliphatic heterocycles. The number of benzene rings is 1. The summed E-state index contributed by atoms with van der Waals surface area (Å²) in [6, 6.07) is 11.6. The fourth-order valence-corrected chi connectivity index (χ4v) is 4.56. The molecule has 0 saturated carbocycles. The second-order valence-electron chi connectivity index (χ2n) is 7.53. The number of piperidine rings is 1. The molecule has 0 spiro atoms. The molecule has 3 heterocycles. The molecule has 1 fully saturated rings. The average Bonchev–Trinajstić information content (AvgIpc) is 3.35. The molecule has 1 aliphatic rings. The van der Waals surface area contributed by atoms with Gasteiger partial charge in [0.1, 0.15) is 17.4 Å². The van der Waals surface area contributed by atoms with E-state index in [1.165, 1.54) is 0 Å². The molecule has 0 bridgehead atoms. The molecule has 1 saturated heterocycles. The van der Waals surface area contributed by atoms with E-state index < -0.39 is 0 Å². The van der Waals surface area contributed by atoms with Gasteiger partial charge in [-0.3, -0.25) is 4.79 Å². The van der Waals surface area contributed by atoms with E-state index in [0.717, 1.165) is 42.3 Å². The van der Waals surface area contributed by atoms with Crippen LogP contribution < -0.4 is 10.1 Å². The Morgan fingerprint density at radius 1 is 1.19 bits per heavy atom. The quantitative estimate of drug-likeness (QED) is 0.561. The van der Waals surface area contributed by atoms with E-state index in [1.54, 1.807) is 11.3 Å². The van der Waals surface area contributed by atoms with Gasteiger partial charge in [0, 0.05) is 42.6 Å². The molecule has 0 aliphatic carbocycles. The summed E-state index contributed by atoms with van der Waals surface area (Å²) in [6.45, 7) is 6.72. The standard InChI is InChI=1S/C24H28N4O2S/c1-3-25-22-15-20(18-11-14-31-16-18)26-23(27-22)17-9-12-28(13-10-17)24(29)19-7-5-6-8-21(19)30-4-2/h5-8,11,14-17H,3-4,9-10,12-13H2,1-2H3,(H,25,26,27). The fourth-order valence-electron chi connectivity index (χ4n) is 3.91. The Morgan fingerprint density at radius 3 is 2.71 bits per heavy atom. The van der Waals surface area contributed by atoms with Crippen LogP contribution in [0.25, 0.3) is 11.3 Å². The second kappa shape index (κ2) is 9.92. The van der Waals surface area contributed by atoms with Gasteiger partial charge in [-0.15, -0.1) is 0 Å². The molecule has 2 aromatic heterocycles. The highest BCUT2D eigenvalue weighted by molar-refractivity contribution is 7.08. The normalized spacial score (nSPS) is 14.5. The van der Waals surface area contributed by atoms with Gasteiger partial charge in [0.25, 0.3) is 5.91 Å². The van der Waals surface area contributed by atoms with Crippen molar-refractivity contribution in [3.63, 3.8) is 0 Å². The Kier molecular flexibility index (Phi) is 6.82. The molecule has 3 aromatic rings. The minimum Gasteiger partial charge on any atom is -0.493 e. The highest BCUT2D eigenvalue weighted by Gasteiger charge is 2.28. The Morgan fingerprint density at radius 2 is 2.00 bits per heavy atom. The van der Waals surface area contributed by atoms with Gasteiger partial charge in [0.05, 0.1) is 17.9 Å². The van der Waals surface area contributed by atoms with Crippen LogP contribution in [0.15, 0.2) is 47.2 Å². The number of nitrogens with one attached hydrogen (secondary N) is 1. The van der Waals surface area contributed by atoms with E-state index in [4.69, 9.17) is 14.7 Å². The van der Waals surface area contributed by atoms with E-state index in [2.05, 4.69) is 29.1 Å². The van der Waals surface area contributed by atoms with Crippen molar-refractivity contribution in [3.8, 4) is 17.0 Å². The predicted molar refractivity (Wildman–Crippen MR) is 125 cm³/mol. The molecule has 7 heteroatoms. The van der Waals surface area contributed by atoms with Gasteiger partial charge < -0.3 is 15.0 Å². The predicted octanol–water partition coefficient (Wildman–Crippen LogP) is 5.06. The maximum absolute atomic E-state index is 13.1. The average molecular weight is 437 g/mol. The number of amides is 1. The maximum atomic E-state index is 13.1. The smallest absolute Gasteiger partial charge is 0.257 e. The van der Waals surface area contributed by atoms with Gasteiger partial charge in [-0.05, 0) is 50.3 Å². The van der Waals surface area contributed by atoms with E-state index in [-0.39, 0.29) is 11.8 Å². The van der Waals surface area contributed by atoms with Crippen LogP contribution >= 0.6 is 11.3 Å². The number of carbonyl (C=O) groups excluding carboxylic acids is 1. The molecule has 0 unspecified atom stereocenters. The van der Waals surface area contributed by atoms with Crippen molar-refractivity contribution < 1.29 is 9.53 Å². The molecule has 0 radical (unpaired) electrons. The van der Waals surface area contributed by atoms with Crippen LogP contribution in [0.1, 0.15) is 48.8 Å². The molecule has 1 N–H and O–H groups in total.